The Morgan fingerprint density at radius 1 is 0.844 bits per heavy atom. The van der Waals surface area contributed by atoms with E-state index in [2.05, 4.69) is 20.3 Å². The van der Waals surface area contributed by atoms with Crippen molar-refractivity contribution in [3.05, 3.63) is 102 Å². The number of rotatable bonds is 7. The normalized spacial score (nSPS) is 10.9. The van der Waals surface area contributed by atoms with Gasteiger partial charge in [0, 0.05) is 17.4 Å². The molecular weight excluding hydrogens is 400 g/mol. The predicted molar refractivity (Wildman–Crippen MR) is 126 cm³/mol. The summed E-state index contributed by atoms with van der Waals surface area (Å²) in [5, 5.41) is 13.5. The maximum Gasteiger partial charge on any atom is 0.143 e. The van der Waals surface area contributed by atoms with Crippen LogP contribution in [0.15, 0.2) is 91.3 Å². The van der Waals surface area contributed by atoms with Crippen LogP contribution in [0, 0.1) is 0 Å². The molecule has 0 bridgehead atoms. The average molecular weight is 422 g/mol. The lowest BCUT2D eigenvalue weighted by molar-refractivity contribution is 0.282. The number of hydrogen-bond donors (Lipinski definition) is 3. The first-order valence-corrected chi connectivity index (χ1v) is 10.4. The third-order valence-electron chi connectivity index (χ3n) is 5.22. The van der Waals surface area contributed by atoms with Gasteiger partial charge in [0.25, 0.3) is 0 Å². The summed E-state index contributed by atoms with van der Waals surface area (Å²) in [5.74, 6) is 1.49. The van der Waals surface area contributed by atoms with Gasteiger partial charge in [-0.05, 0) is 34.9 Å². The van der Waals surface area contributed by atoms with Gasteiger partial charge >= 0.3 is 0 Å². The van der Waals surface area contributed by atoms with Gasteiger partial charge in [-0.25, -0.2) is 9.97 Å². The molecule has 0 amide bonds. The highest BCUT2D eigenvalue weighted by Crippen LogP contribution is 2.29. The summed E-state index contributed by atoms with van der Waals surface area (Å²) < 4.78 is 5.94. The largest absolute Gasteiger partial charge is 0.489 e. The molecule has 0 aliphatic carbocycles. The molecule has 2 heterocycles. The number of aliphatic hydroxyl groups excluding tert-OH is 1. The number of ether oxygens (including phenoxy) is 1. The summed E-state index contributed by atoms with van der Waals surface area (Å²) in [6, 6.07) is 27.7. The number of anilines is 2. The first-order valence-electron chi connectivity index (χ1n) is 10.4. The standard InChI is InChI=1S/C26H22N4O2/c31-15-18-9-11-20(12-10-18)24-14-23-25(27-17-28-26(23)30-24)29-21-7-4-8-22(13-21)32-16-19-5-2-1-3-6-19/h1-14,17,31H,15-16H2,(H2,27,28,29,30). The van der Waals surface area contributed by atoms with E-state index >= 15 is 0 Å². The van der Waals surface area contributed by atoms with Gasteiger partial charge in [-0.3, -0.25) is 0 Å². The molecule has 0 aliphatic rings. The molecule has 2 aromatic heterocycles. The Balaban J connectivity index is 1.37. The average Bonchev–Trinajstić information content (AvgIpc) is 3.29. The lowest BCUT2D eigenvalue weighted by Crippen LogP contribution is -1.97. The number of aromatic nitrogens is 3. The van der Waals surface area contributed by atoms with Crippen LogP contribution in [0.2, 0.25) is 0 Å². The summed E-state index contributed by atoms with van der Waals surface area (Å²) in [6.45, 7) is 0.541. The minimum Gasteiger partial charge on any atom is -0.489 e. The van der Waals surface area contributed by atoms with E-state index in [0.717, 1.165) is 44.9 Å². The summed E-state index contributed by atoms with van der Waals surface area (Å²) in [7, 11) is 0. The van der Waals surface area contributed by atoms with E-state index in [4.69, 9.17) is 4.74 Å². The molecular formula is C26H22N4O2. The molecule has 0 radical (unpaired) electrons. The van der Waals surface area contributed by atoms with Gasteiger partial charge in [-0.15, -0.1) is 0 Å². The van der Waals surface area contributed by atoms with Crippen LogP contribution in [-0.4, -0.2) is 20.1 Å². The lowest BCUT2D eigenvalue weighted by Gasteiger charge is -2.10. The fourth-order valence-electron chi connectivity index (χ4n) is 3.53. The maximum atomic E-state index is 9.26. The van der Waals surface area contributed by atoms with E-state index in [0.29, 0.717) is 12.4 Å². The number of H-pyrrole nitrogens is 1. The summed E-state index contributed by atoms with van der Waals surface area (Å²) in [6.07, 6.45) is 1.54. The Labute approximate surface area is 185 Å². The third kappa shape index (κ3) is 4.31. The maximum absolute atomic E-state index is 9.26. The number of nitrogens with one attached hydrogen (secondary N) is 2. The highest BCUT2D eigenvalue weighted by Gasteiger charge is 2.10. The van der Waals surface area contributed by atoms with Crippen LogP contribution in [0.3, 0.4) is 0 Å². The first kappa shape index (κ1) is 19.8. The van der Waals surface area contributed by atoms with Crippen molar-refractivity contribution in [1.29, 1.82) is 0 Å². The molecule has 0 atom stereocenters. The van der Waals surface area contributed by atoms with Crippen LogP contribution < -0.4 is 10.1 Å². The molecule has 6 heteroatoms. The van der Waals surface area contributed by atoms with Gasteiger partial charge in [0.1, 0.15) is 30.1 Å². The summed E-state index contributed by atoms with van der Waals surface area (Å²) in [5.41, 5.74) is 5.58. The van der Waals surface area contributed by atoms with E-state index in [1.165, 1.54) is 6.33 Å². The number of aromatic amines is 1. The van der Waals surface area contributed by atoms with Crippen molar-refractivity contribution in [1.82, 2.24) is 15.0 Å². The van der Waals surface area contributed by atoms with Crippen LogP contribution in [-0.2, 0) is 13.2 Å². The van der Waals surface area contributed by atoms with Gasteiger partial charge in [0.2, 0.25) is 0 Å². The summed E-state index contributed by atoms with van der Waals surface area (Å²) in [4.78, 5) is 12.2. The van der Waals surface area contributed by atoms with Gasteiger partial charge in [-0.1, -0.05) is 60.7 Å². The molecule has 0 fully saturated rings. The second-order valence-corrected chi connectivity index (χ2v) is 7.45. The highest BCUT2D eigenvalue weighted by molar-refractivity contribution is 5.93. The number of aliphatic hydroxyl groups is 1. The molecule has 6 nitrogen and oxygen atoms in total. The number of nitrogens with zero attached hydrogens (tertiary/aromatic N) is 2. The van der Waals surface area contributed by atoms with Crippen molar-refractivity contribution in [2.45, 2.75) is 13.2 Å². The van der Waals surface area contributed by atoms with Crippen LogP contribution in [0.4, 0.5) is 11.5 Å². The van der Waals surface area contributed by atoms with Crippen molar-refractivity contribution >= 4 is 22.5 Å². The fraction of sp³-hybridized carbons (Fsp3) is 0.0769. The van der Waals surface area contributed by atoms with Gasteiger partial charge in [-0.2, -0.15) is 0 Å². The first-order chi connectivity index (χ1) is 15.8. The van der Waals surface area contributed by atoms with Crippen molar-refractivity contribution in [3.8, 4) is 17.0 Å². The SMILES string of the molecule is OCc1ccc(-c2cc3c(Nc4cccc(OCc5ccccc5)c4)ncnc3[nH]2)cc1. The quantitative estimate of drug-likeness (QED) is 0.325. The molecule has 0 unspecified atom stereocenters. The zero-order valence-corrected chi connectivity index (χ0v) is 17.3. The second-order valence-electron chi connectivity index (χ2n) is 7.45. The highest BCUT2D eigenvalue weighted by atomic mass is 16.5. The fourth-order valence-corrected chi connectivity index (χ4v) is 3.53. The predicted octanol–water partition coefficient (Wildman–Crippen LogP) is 5.44. The van der Waals surface area contributed by atoms with Crippen molar-refractivity contribution in [3.63, 3.8) is 0 Å². The van der Waals surface area contributed by atoms with Gasteiger partial charge < -0.3 is 20.1 Å². The molecule has 0 saturated heterocycles. The van der Waals surface area contributed by atoms with Crippen LogP contribution >= 0.6 is 0 Å². The lowest BCUT2D eigenvalue weighted by atomic mass is 10.1. The Morgan fingerprint density at radius 3 is 2.50 bits per heavy atom. The van der Waals surface area contributed by atoms with Crippen LogP contribution in [0.25, 0.3) is 22.3 Å². The molecule has 5 rings (SSSR count). The van der Waals surface area contributed by atoms with E-state index in [1.807, 2.05) is 84.9 Å². The van der Waals surface area contributed by atoms with Crippen molar-refractivity contribution < 1.29 is 9.84 Å². The molecule has 5 aromatic rings. The van der Waals surface area contributed by atoms with E-state index in [1.54, 1.807) is 0 Å². The smallest absolute Gasteiger partial charge is 0.143 e. The summed E-state index contributed by atoms with van der Waals surface area (Å²) >= 11 is 0. The van der Waals surface area contributed by atoms with E-state index < -0.39 is 0 Å². The molecule has 32 heavy (non-hydrogen) atoms. The molecule has 0 saturated carbocycles. The topological polar surface area (TPSA) is 83.1 Å². The van der Waals surface area contributed by atoms with Crippen LogP contribution in [0.1, 0.15) is 11.1 Å². The van der Waals surface area contributed by atoms with Gasteiger partial charge in [0.05, 0.1) is 12.0 Å². The van der Waals surface area contributed by atoms with Crippen molar-refractivity contribution in [2.24, 2.45) is 0 Å². The number of fused-ring (bicyclic) bond motifs is 1. The molecule has 3 aromatic carbocycles. The van der Waals surface area contributed by atoms with Gasteiger partial charge in [0.15, 0.2) is 0 Å². The number of benzene rings is 3. The minimum absolute atomic E-state index is 0.0284. The minimum atomic E-state index is 0.0284. The van der Waals surface area contributed by atoms with Crippen molar-refractivity contribution in [2.75, 3.05) is 5.32 Å². The molecule has 0 aliphatic heterocycles. The van der Waals surface area contributed by atoms with E-state index in [-0.39, 0.29) is 6.61 Å². The molecule has 158 valence electrons. The second kappa shape index (κ2) is 8.91. The Morgan fingerprint density at radius 2 is 1.69 bits per heavy atom. The Bertz CT molecular complexity index is 1330. The zero-order valence-electron chi connectivity index (χ0n) is 17.3. The van der Waals surface area contributed by atoms with E-state index in [9.17, 15) is 5.11 Å². The van der Waals surface area contributed by atoms with Crippen LogP contribution in [0.5, 0.6) is 5.75 Å². The third-order valence-corrected chi connectivity index (χ3v) is 5.22. The number of hydrogen-bond acceptors (Lipinski definition) is 5. The Hall–Kier alpha value is -4.16. The Kier molecular flexibility index (Phi) is 5.51. The monoisotopic (exact) mass is 422 g/mol. The molecule has 0 spiro atoms. The molecule has 3 N–H and O–H groups in total. The zero-order chi connectivity index (χ0) is 21.8.